The van der Waals surface area contributed by atoms with Crippen molar-refractivity contribution < 1.29 is 24.2 Å². The number of hydrogen-bond acceptors (Lipinski definition) is 4. The second-order valence-electron chi connectivity index (χ2n) is 8.52. The number of carboxylic acid groups (broad SMARTS) is 1. The molecule has 6 heteroatoms. The summed E-state index contributed by atoms with van der Waals surface area (Å²) in [6, 6.07) is 16.6. The minimum atomic E-state index is -0.800. The van der Waals surface area contributed by atoms with Crippen molar-refractivity contribution in [1.82, 2.24) is 4.90 Å². The quantitative estimate of drug-likeness (QED) is 0.835. The molecule has 1 atom stereocenters. The van der Waals surface area contributed by atoms with E-state index in [0.717, 1.165) is 0 Å². The fraction of sp³-hybridized carbons (Fsp3) is 0.417. The first-order valence-corrected chi connectivity index (χ1v) is 10.5. The molecule has 0 saturated carbocycles. The highest BCUT2D eigenvalue weighted by Crippen LogP contribution is 2.44. The molecule has 0 aromatic heterocycles. The van der Waals surface area contributed by atoms with Crippen molar-refractivity contribution in [1.29, 1.82) is 0 Å². The molecule has 0 bridgehead atoms. The number of ether oxygens (including phenoxy) is 2. The Morgan fingerprint density at radius 2 is 1.63 bits per heavy atom. The number of hydrogen-bond donors (Lipinski definition) is 1. The molecule has 1 aliphatic carbocycles. The molecular formula is C24H25NO5. The molecule has 1 N–H and O–H groups in total. The third-order valence-corrected chi connectivity index (χ3v) is 6.83. The highest BCUT2D eigenvalue weighted by atomic mass is 16.6. The van der Waals surface area contributed by atoms with Crippen molar-refractivity contribution in [3.63, 3.8) is 0 Å². The van der Waals surface area contributed by atoms with E-state index in [9.17, 15) is 14.7 Å². The molecule has 2 aromatic rings. The van der Waals surface area contributed by atoms with Crippen LogP contribution in [0.4, 0.5) is 4.79 Å². The van der Waals surface area contributed by atoms with Crippen molar-refractivity contribution in [2.24, 2.45) is 5.92 Å². The van der Waals surface area contributed by atoms with E-state index in [2.05, 4.69) is 24.3 Å². The lowest BCUT2D eigenvalue weighted by Crippen LogP contribution is -2.46. The second kappa shape index (κ2) is 7.43. The number of piperidine rings is 1. The van der Waals surface area contributed by atoms with Gasteiger partial charge in [0.25, 0.3) is 0 Å². The number of amides is 1. The maximum Gasteiger partial charge on any atom is 0.409 e. The van der Waals surface area contributed by atoms with E-state index in [1.807, 2.05) is 24.3 Å². The molecule has 1 amide bonds. The lowest BCUT2D eigenvalue weighted by molar-refractivity contribution is -0.141. The summed E-state index contributed by atoms with van der Waals surface area (Å²) in [4.78, 5) is 25.7. The smallest absolute Gasteiger partial charge is 0.409 e. The van der Waals surface area contributed by atoms with Gasteiger partial charge in [0.1, 0.15) is 6.61 Å². The van der Waals surface area contributed by atoms with Crippen molar-refractivity contribution in [3.05, 3.63) is 59.7 Å². The number of nitrogens with zero attached hydrogens (tertiary/aromatic N) is 1. The summed E-state index contributed by atoms with van der Waals surface area (Å²) >= 11 is 0. The minimum Gasteiger partial charge on any atom is -0.481 e. The van der Waals surface area contributed by atoms with Gasteiger partial charge in [-0.15, -0.1) is 0 Å². The maximum atomic E-state index is 12.7. The van der Waals surface area contributed by atoms with Gasteiger partial charge in [-0.25, -0.2) is 4.79 Å². The molecule has 6 nitrogen and oxygen atoms in total. The number of likely N-dealkylation sites (tertiary alicyclic amines) is 1. The molecule has 1 spiro atoms. The largest absolute Gasteiger partial charge is 0.481 e. The maximum absolute atomic E-state index is 12.7. The molecule has 2 fully saturated rings. The number of carboxylic acids is 1. The van der Waals surface area contributed by atoms with E-state index in [-0.39, 0.29) is 18.6 Å². The third kappa shape index (κ3) is 3.25. The van der Waals surface area contributed by atoms with Crippen LogP contribution in [-0.2, 0) is 14.3 Å². The molecular weight excluding hydrogens is 382 g/mol. The topological polar surface area (TPSA) is 76.1 Å². The van der Waals surface area contributed by atoms with Crippen molar-refractivity contribution in [2.45, 2.75) is 30.8 Å². The van der Waals surface area contributed by atoms with Gasteiger partial charge in [-0.2, -0.15) is 0 Å². The zero-order valence-corrected chi connectivity index (χ0v) is 16.8. The molecule has 156 valence electrons. The second-order valence-corrected chi connectivity index (χ2v) is 8.52. The number of benzene rings is 2. The fourth-order valence-corrected chi connectivity index (χ4v) is 5.13. The number of carbonyl (C=O) groups excluding carboxylic acids is 1. The van der Waals surface area contributed by atoms with Crippen LogP contribution in [-0.4, -0.2) is 54.0 Å². The summed E-state index contributed by atoms with van der Waals surface area (Å²) in [6.07, 6.45) is 1.53. The molecule has 3 aliphatic rings. The summed E-state index contributed by atoms with van der Waals surface area (Å²) < 4.78 is 11.6. The standard InChI is InChI=1S/C24H25NO5/c26-22(27)16-13-24(30-14-16)9-11-25(12-10-24)23(28)29-15-21-19-7-3-1-5-17(19)18-6-2-4-8-20(18)21/h1-8,16,21H,9-15H2,(H,26,27). The first kappa shape index (κ1) is 19.1. The summed E-state index contributed by atoms with van der Waals surface area (Å²) in [5.41, 5.74) is 4.41. The average Bonchev–Trinajstić information content (AvgIpc) is 3.32. The third-order valence-electron chi connectivity index (χ3n) is 6.83. The molecule has 2 heterocycles. The number of rotatable bonds is 3. The molecule has 1 unspecified atom stereocenters. The number of fused-ring (bicyclic) bond motifs is 3. The zero-order chi connectivity index (χ0) is 20.7. The van der Waals surface area contributed by atoms with Crippen molar-refractivity contribution >= 4 is 12.1 Å². The predicted molar refractivity (Wildman–Crippen MR) is 110 cm³/mol. The molecule has 30 heavy (non-hydrogen) atoms. The van der Waals surface area contributed by atoms with Gasteiger partial charge in [0, 0.05) is 19.0 Å². The van der Waals surface area contributed by atoms with Crippen LogP contribution < -0.4 is 0 Å². The Labute approximate surface area is 175 Å². The van der Waals surface area contributed by atoms with E-state index in [1.54, 1.807) is 4.90 Å². The van der Waals surface area contributed by atoms with Crippen LogP contribution >= 0.6 is 0 Å². The van der Waals surface area contributed by atoms with Gasteiger partial charge in [0.2, 0.25) is 0 Å². The fourth-order valence-electron chi connectivity index (χ4n) is 5.13. The summed E-state index contributed by atoms with van der Waals surface area (Å²) in [7, 11) is 0. The molecule has 0 radical (unpaired) electrons. The Bertz CT molecular complexity index is 934. The van der Waals surface area contributed by atoms with E-state index in [1.165, 1.54) is 22.3 Å². The number of aliphatic carboxylic acids is 1. The van der Waals surface area contributed by atoms with Crippen molar-refractivity contribution in [3.8, 4) is 11.1 Å². The number of carbonyl (C=O) groups is 2. The first-order chi connectivity index (χ1) is 14.6. The SMILES string of the molecule is O=C(O)C1COC2(CCN(C(=O)OCC3c4ccccc4-c4ccccc43)CC2)C1. The van der Waals surface area contributed by atoms with Crippen LogP contribution in [0, 0.1) is 5.92 Å². The Morgan fingerprint density at radius 1 is 1.03 bits per heavy atom. The molecule has 2 aliphatic heterocycles. The van der Waals surface area contributed by atoms with Gasteiger partial charge in [0.05, 0.1) is 18.1 Å². The van der Waals surface area contributed by atoms with E-state index < -0.39 is 17.5 Å². The highest BCUT2D eigenvalue weighted by molar-refractivity contribution is 5.79. The van der Waals surface area contributed by atoms with Gasteiger partial charge in [0.15, 0.2) is 0 Å². The van der Waals surface area contributed by atoms with Crippen LogP contribution in [0.2, 0.25) is 0 Å². The lowest BCUT2D eigenvalue weighted by Gasteiger charge is -2.38. The first-order valence-electron chi connectivity index (χ1n) is 10.5. The van der Waals surface area contributed by atoms with Gasteiger partial charge in [-0.3, -0.25) is 4.79 Å². The van der Waals surface area contributed by atoms with Crippen LogP contribution in [0.15, 0.2) is 48.5 Å². The molecule has 5 rings (SSSR count). The molecule has 2 saturated heterocycles. The van der Waals surface area contributed by atoms with Crippen molar-refractivity contribution in [2.75, 3.05) is 26.3 Å². The lowest BCUT2D eigenvalue weighted by atomic mass is 9.85. The van der Waals surface area contributed by atoms with Crippen LogP contribution in [0.1, 0.15) is 36.3 Å². The van der Waals surface area contributed by atoms with Gasteiger partial charge < -0.3 is 19.5 Å². The summed E-state index contributed by atoms with van der Waals surface area (Å²) in [5.74, 6) is -1.19. The van der Waals surface area contributed by atoms with Crippen LogP contribution in [0.5, 0.6) is 0 Å². The van der Waals surface area contributed by atoms with Crippen LogP contribution in [0.25, 0.3) is 11.1 Å². The summed E-state index contributed by atoms with van der Waals surface area (Å²) in [6.45, 7) is 1.64. The van der Waals surface area contributed by atoms with E-state index in [0.29, 0.717) is 39.0 Å². The van der Waals surface area contributed by atoms with Gasteiger partial charge >= 0.3 is 12.1 Å². The van der Waals surface area contributed by atoms with Gasteiger partial charge in [-0.05, 0) is 41.5 Å². The Hall–Kier alpha value is -2.86. The van der Waals surface area contributed by atoms with E-state index >= 15 is 0 Å². The summed E-state index contributed by atoms with van der Waals surface area (Å²) in [5, 5.41) is 9.22. The Kier molecular flexibility index (Phi) is 4.74. The molecule has 2 aromatic carbocycles. The zero-order valence-electron chi connectivity index (χ0n) is 16.8. The average molecular weight is 407 g/mol. The Balaban J connectivity index is 1.21. The van der Waals surface area contributed by atoms with Gasteiger partial charge in [-0.1, -0.05) is 48.5 Å². The van der Waals surface area contributed by atoms with Crippen LogP contribution in [0.3, 0.4) is 0 Å². The predicted octanol–water partition coefficient (Wildman–Crippen LogP) is 3.89. The Morgan fingerprint density at radius 3 is 2.20 bits per heavy atom. The van der Waals surface area contributed by atoms with E-state index in [4.69, 9.17) is 9.47 Å². The minimum absolute atomic E-state index is 0.0481. The normalized spacial score (nSPS) is 22.0. The monoisotopic (exact) mass is 407 g/mol. The highest BCUT2D eigenvalue weighted by Gasteiger charge is 2.45.